The molecule has 0 bridgehead atoms. The van der Waals surface area contributed by atoms with Gasteiger partial charge in [0, 0.05) is 18.5 Å². The first-order valence-corrected chi connectivity index (χ1v) is 13.3. The maximum absolute atomic E-state index is 13.9. The highest BCUT2D eigenvalue weighted by Crippen LogP contribution is 2.31. The third-order valence-corrected chi connectivity index (χ3v) is 6.42. The molecule has 1 atom stereocenters. The van der Waals surface area contributed by atoms with E-state index in [9.17, 15) is 9.59 Å². The molecule has 0 radical (unpaired) electrons. The minimum atomic E-state index is -0.704. The van der Waals surface area contributed by atoms with E-state index in [1.807, 2.05) is 107 Å². The van der Waals surface area contributed by atoms with E-state index in [-0.39, 0.29) is 23.8 Å². The van der Waals surface area contributed by atoms with E-state index in [4.69, 9.17) is 4.74 Å². The molecule has 0 fully saturated rings. The minimum absolute atomic E-state index is 0.136. The molecule has 0 saturated carbocycles. The van der Waals surface area contributed by atoms with E-state index in [2.05, 4.69) is 26.1 Å². The highest BCUT2D eigenvalue weighted by atomic mass is 16.5. The Hall–Kier alpha value is -3.60. The Bertz CT molecular complexity index is 1220. The first kappa shape index (κ1) is 29.0. The molecule has 0 aromatic heterocycles. The number of nitrogens with one attached hydrogen (secondary N) is 1. The van der Waals surface area contributed by atoms with Gasteiger partial charge in [0.15, 0.2) is 6.61 Å². The molecule has 5 nitrogen and oxygen atoms in total. The maximum atomic E-state index is 13.9. The number of rotatable bonds is 9. The summed E-state index contributed by atoms with van der Waals surface area (Å²) >= 11 is 0. The van der Waals surface area contributed by atoms with Crippen LogP contribution in [0.25, 0.3) is 0 Å². The Morgan fingerprint density at radius 3 is 2.08 bits per heavy atom. The fourth-order valence-corrected chi connectivity index (χ4v) is 4.41. The number of para-hydroxylation sites is 1. The average Bonchev–Trinajstić information content (AvgIpc) is 2.85. The van der Waals surface area contributed by atoms with Gasteiger partial charge in [0.25, 0.3) is 5.91 Å². The third-order valence-electron chi connectivity index (χ3n) is 6.42. The Labute approximate surface area is 228 Å². The third kappa shape index (κ3) is 8.20. The van der Waals surface area contributed by atoms with Crippen molar-refractivity contribution in [1.82, 2.24) is 10.2 Å². The van der Waals surface area contributed by atoms with Crippen molar-refractivity contribution in [3.63, 3.8) is 0 Å². The van der Waals surface area contributed by atoms with Gasteiger partial charge >= 0.3 is 0 Å². The summed E-state index contributed by atoms with van der Waals surface area (Å²) in [7, 11) is 0. The van der Waals surface area contributed by atoms with E-state index in [1.165, 1.54) is 0 Å². The van der Waals surface area contributed by atoms with Gasteiger partial charge in [0.2, 0.25) is 5.91 Å². The lowest BCUT2D eigenvalue weighted by molar-refractivity contribution is -0.143. The molecule has 0 heterocycles. The molecule has 202 valence electrons. The van der Waals surface area contributed by atoms with Crippen molar-refractivity contribution in [3.05, 3.63) is 101 Å². The second kappa shape index (κ2) is 12.3. The second-order valence-electron chi connectivity index (χ2n) is 11.9. The highest BCUT2D eigenvalue weighted by molar-refractivity contribution is 5.89. The van der Waals surface area contributed by atoms with Crippen LogP contribution in [0.15, 0.2) is 78.9 Å². The monoisotopic (exact) mass is 514 g/mol. The van der Waals surface area contributed by atoms with Crippen molar-refractivity contribution >= 4 is 11.8 Å². The molecule has 0 saturated heterocycles. The number of aryl methyl sites for hydroxylation is 1. The molecular weight excluding hydrogens is 472 g/mol. The molecule has 0 spiro atoms. The zero-order valence-electron chi connectivity index (χ0n) is 23.9. The first-order chi connectivity index (χ1) is 17.8. The fourth-order valence-electron chi connectivity index (χ4n) is 4.41. The van der Waals surface area contributed by atoms with Crippen LogP contribution in [0.3, 0.4) is 0 Å². The number of carbonyl (C=O) groups is 2. The summed E-state index contributed by atoms with van der Waals surface area (Å²) in [5, 5.41) is 3.10. The number of carbonyl (C=O) groups excluding carboxylic acids is 2. The van der Waals surface area contributed by atoms with E-state index in [1.54, 1.807) is 4.90 Å². The van der Waals surface area contributed by atoms with Gasteiger partial charge < -0.3 is 15.0 Å². The maximum Gasteiger partial charge on any atom is 0.261 e. The predicted octanol–water partition coefficient (Wildman–Crippen LogP) is 6.23. The van der Waals surface area contributed by atoms with E-state index >= 15 is 0 Å². The van der Waals surface area contributed by atoms with Gasteiger partial charge in [-0.1, -0.05) is 93.6 Å². The van der Waals surface area contributed by atoms with Crippen LogP contribution in [-0.2, 0) is 28.0 Å². The summed E-state index contributed by atoms with van der Waals surface area (Å²) in [6.45, 7) is 14.4. The van der Waals surface area contributed by atoms with Crippen molar-refractivity contribution in [2.24, 2.45) is 0 Å². The van der Waals surface area contributed by atoms with Crippen LogP contribution in [0.4, 0.5) is 0 Å². The highest BCUT2D eigenvalue weighted by Gasteiger charge is 2.33. The van der Waals surface area contributed by atoms with Gasteiger partial charge in [-0.15, -0.1) is 0 Å². The van der Waals surface area contributed by atoms with Crippen LogP contribution >= 0.6 is 0 Å². The molecule has 3 rings (SSSR count). The van der Waals surface area contributed by atoms with E-state index in [0.717, 1.165) is 22.3 Å². The Morgan fingerprint density at radius 1 is 0.842 bits per heavy atom. The van der Waals surface area contributed by atoms with Crippen LogP contribution in [0.1, 0.15) is 63.8 Å². The molecule has 5 heteroatoms. The number of hydrogen-bond donors (Lipinski definition) is 1. The van der Waals surface area contributed by atoms with Crippen molar-refractivity contribution in [2.45, 2.75) is 78.4 Å². The number of hydrogen-bond acceptors (Lipinski definition) is 3. The van der Waals surface area contributed by atoms with Gasteiger partial charge in [-0.3, -0.25) is 9.59 Å². The lowest BCUT2D eigenvalue weighted by Gasteiger charge is -2.34. The fraction of sp³-hybridized carbons (Fsp3) is 0.394. The standard InChI is InChI=1S/C33H42N2O3/c1-24-15-11-12-18-26(24)22-35(30(36)23-38-29-20-14-13-19-27(29)32(2,3)4)28(31(37)34-33(5,6)7)21-25-16-9-8-10-17-25/h8-20,28H,21-23H2,1-7H3,(H,34,37). The minimum Gasteiger partial charge on any atom is -0.483 e. The topological polar surface area (TPSA) is 58.6 Å². The number of nitrogens with zero attached hydrogens (tertiary/aromatic N) is 1. The van der Waals surface area contributed by atoms with Crippen molar-refractivity contribution in [1.29, 1.82) is 0 Å². The number of amides is 2. The molecule has 0 aliphatic rings. The van der Waals surface area contributed by atoms with E-state index < -0.39 is 11.6 Å². The normalized spacial score (nSPS) is 12.5. The average molecular weight is 515 g/mol. The molecule has 1 unspecified atom stereocenters. The Balaban J connectivity index is 1.97. The zero-order valence-corrected chi connectivity index (χ0v) is 23.9. The molecule has 0 aliphatic carbocycles. The lowest BCUT2D eigenvalue weighted by atomic mass is 9.86. The molecule has 38 heavy (non-hydrogen) atoms. The van der Waals surface area contributed by atoms with Gasteiger partial charge in [0.1, 0.15) is 11.8 Å². The van der Waals surface area contributed by atoms with Crippen LogP contribution in [0.2, 0.25) is 0 Å². The van der Waals surface area contributed by atoms with Gasteiger partial charge in [-0.05, 0) is 61.4 Å². The summed E-state index contributed by atoms with van der Waals surface area (Å²) in [6, 6.07) is 24.9. The summed E-state index contributed by atoms with van der Waals surface area (Å²) in [6.07, 6.45) is 0.402. The molecule has 1 N–H and O–H groups in total. The van der Waals surface area contributed by atoms with Gasteiger partial charge in [-0.2, -0.15) is 0 Å². The first-order valence-electron chi connectivity index (χ1n) is 13.3. The molecule has 3 aromatic rings. The Morgan fingerprint density at radius 2 is 1.45 bits per heavy atom. The SMILES string of the molecule is Cc1ccccc1CN(C(=O)COc1ccccc1C(C)(C)C)C(Cc1ccccc1)C(=O)NC(C)(C)C. The number of benzene rings is 3. The van der Waals surface area contributed by atoms with E-state index in [0.29, 0.717) is 18.7 Å². The quantitative estimate of drug-likeness (QED) is 0.368. The second-order valence-corrected chi connectivity index (χ2v) is 11.9. The van der Waals surface area contributed by atoms with Crippen molar-refractivity contribution in [3.8, 4) is 5.75 Å². The summed E-state index contributed by atoms with van der Waals surface area (Å²) in [5.74, 6) is 0.267. The summed E-state index contributed by atoms with van der Waals surface area (Å²) in [5.41, 5.74) is 3.51. The summed E-state index contributed by atoms with van der Waals surface area (Å²) < 4.78 is 6.13. The zero-order chi connectivity index (χ0) is 27.9. The predicted molar refractivity (Wildman–Crippen MR) is 154 cm³/mol. The van der Waals surface area contributed by atoms with Crippen LogP contribution in [-0.4, -0.2) is 34.9 Å². The summed E-state index contributed by atoms with van der Waals surface area (Å²) in [4.78, 5) is 29.3. The smallest absolute Gasteiger partial charge is 0.261 e. The molecular formula is C33H42N2O3. The molecule has 2 amide bonds. The van der Waals surface area contributed by atoms with Gasteiger partial charge in [-0.25, -0.2) is 0 Å². The lowest BCUT2D eigenvalue weighted by Crippen LogP contribution is -2.55. The molecule has 0 aliphatic heterocycles. The van der Waals surface area contributed by atoms with Crippen LogP contribution in [0, 0.1) is 6.92 Å². The van der Waals surface area contributed by atoms with Crippen molar-refractivity contribution < 1.29 is 14.3 Å². The largest absolute Gasteiger partial charge is 0.483 e. The number of ether oxygens (including phenoxy) is 1. The van der Waals surface area contributed by atoms with Gasteiger partial charge in [0.05, 0.1) is 0 Å². The van der Waals surface area contributed by atoms with Crippen molar-refractivity contribution in [2.75, 3.05) is 6.61 Å². The molecule has 3 aromatic carbocycles. The van der Waals surface area contributed by atoms with Crippen LogP contribution < -0.4 is 10.1 Å². The Kier molecular flexibility index (Phi) is 9.37. The van der Waals surface area contributed by atoms with Crippen LogP contribution in [0.5, 0.6) is 5.75 Å².